The van der Waals surface area contributed by atoms with E-state index in [1.807, 2.05) is 31.1 Å². The van der Waals surface area contributed by atoms with Crippen LogP contribution in [0.15, 0.2) is 35.4 Å². The molecule has 0 saturated carbocycles. The maximum absolute atomic E-state index is 12.2. The molecule has 0 aliphatic rings. The molecule has 0 radical (unpaired) electrons. The Bertz CT molecular complexity index is 675. The number of nitrogens with one attached hydrogen (secondary N) is 2. The molecule has 1 aromatic carbocycles. The Morgan fingerprint density at radius 1 is 1.25 bits per heavy atom. The number of aryl methyl sites for hydroxylation is 1. The van der Waals surface area contributed by atoms with E-state index in [1.165, 1.54) is 6.20 Å². The highest BCUT2D eigenvalue weighted by Crippen LogP contribution is 2.18. The summed E-state index contributed by atoms with van der Waals surface area (Å²) < 4.78 is 26.9. The molecule has 0 aliphatic carbocycles. The van der Waals surface area contributed by atoms with Crippen LogP contribution in [-0.4, -0.2) is 37.6 Å². The number of hydrogen-bond acceptors (Lipinski definition) is 4. The molecular weight excluding hydrogens is 276 g/mol. The van der Waals surface area contributed by atoms with E-state index in [0.717, 1.165) is 12.1 Å². The molecule has 0 amide bonds. The van der Waals surface area contributed by atoms with Crippen molar-refractivity contribution >= 4 is 15.7 Å². The van der Waals surface area contributed by atoms with Gasteiger partial charge in [-0.3, -0.25) is 9.82 Å². The average Bonchev–Trinajstić information content (AvgIpc) is 2.78. The van der Waals surface area contributed by atoms with E-state index >= 15 is 0 Å². The topological polar surface area (TPSA) is 78.1 Å². The number of anilines is 1. The third-order valence-corrected chi connectivity index (χ3v) is 4.27. The maximum atomic E-state index is 12.2. The van der Waals surface area contributed by atoms with Crippen LogP contribution in [0.1, 0.15) is 11.3 Å². The number of aromatic amines is 1. The van der Waals surface area contributed by atoms with Crippen molar-refractivity contribution in [3.05, 3.63) is 41.7 Å². The largest absolute Gasteiger partial charge is 0.305 e. The van der Waals surface area contributed by atoms with E-state index in [-0.39, 0.29) is 4.90 Å². The Morgan fingerprint density at radius 3 is 2.40 bits per heavy atom. The van der Waals surface area contributed by atoms with Crippen molar-refractivity contribution in [2.24, 2.45) is 0 Å². The van der Waals surface area contributed by atoms with Crippen molar-refractivity contribution < 1.29 is 8.42 Å². The first-order valence-electron chi connectivity index (χ1n) is 6.15. The second-order valence-electron chi connectivity index (χ2n) is 4.90. The highest BCUT2D eigenvalue weighted by atomic mass is 32.2. The van der Waals surface area contributed by atoms with Crippen LogP contribution in [0.3, 0.4) is 0 Å². The van der Waals surface area contributed by atoms with Gasteiger partial charge < -0.3 is 4.90 Å². The minimum Gasteiger partial charge on any atom is -0.305 e. The van der Waals surface area contributed by atoms with Crippen molar-refractivity contribution in [3.8, 4) is 0 Å². The summed E-state index contributed by atoms with van der Waals surface area (Å²) in [5.74, 6) is 0. The number of rotatable bonds is 5. The molecule has 7 heteroatoms. The molecule has 108 valence electrons. The van der Waals surface area contributed by atoms with Gasteiger partial charge in [0.25, 0.3) is 10.0 Å². The van der Waals surface area contributed by atoms with Crippen molar-refractivity contribution in [2.75, 3.05) is 18.8 Å². The zero-order valence-electron chi connectivity index (χ0n) is 11.7. The van der Waals surface area contributed by atoms with Gasteiger partial charge in [0.1, 0.15) is 4.90 Å². The highest BCUT2D eigenvalue weighted by molar-refractivity contribution is 7.92. The maximum Gasteiger partial charge on any atom is 0.265 e. The van der Waals surface area contributed by atoms with Crippen molar-refractivity contribution in [1.82, 2.24) is 15.1 Å². The van der Waals surface area contributed by atoms with Crippen LogP contribution in [0.25, 0.3) is 0 Å². The van der Waals surface area contributed by atoms with Gasteiger partial charge >= 0.3 is 0 Å². The third-order valence-electron chi connectivity index (χ3n) is 2.78. The van der Waals surface area contributed by atoms with Gasteiger partial charge in [0.2, 0.25) is 0 Å². The minimum atomic E-state index is -3.59. The number of aromatic nitrogens is 2. The molecule has 0 bridgehead atoms. The van der Waals surface area contributed by atoms with Crippen LogP contribution in [0.5, 0.6) is 0 Å². The standard InChI is InChI=1S/C13H18N4O2S/c1-10-13(8-14-15-10)20(18,19)16-12-6-4-11(5-7-12)9-17(2)3/h4-8,16H,9H2,1-3H3,(H,14,15). The second kappa shape index (κ2) is 5.64. The molecule has 2 aromatic rings. The molecule has 0 unspecified atom stereocenters. The Balaban J connectivity index is 2.16. The fourth-order valence-corrected chi connectivity index (χ4v) is 3.06. The predicted molar refractivity (Wildman–Crippen MR) is 78.0 cm³/mol. The lowest BCUT2D eigenvalue weighted by atomic mass is 10.2. The summed E-state index contributed by atoms with van der Waals surface area (Å²) in [4.78, 5) is 2.21. The van der Waals surface area contributed by atoms with E-state index < -0.39 is 10.0 Å². The fourth-order valence-electron chi connectivity index (χ4n) is 1.86. The first kappa shape index (κ1) is 14.5. The monoisotopic (exact) mass is 294 g/mol. The number of H-pyrrole nitrogens is 1. The lowest BCUT2D eigenvalue weighted by Gasteiger charge is -2.11. The zero-order valence-corrected chi connectivity index (χ0v) is 12.5. The SMILES string of the molecule is Cc1[nH]ncc1S(=O)(=O)Nc1ccc(CN(C)C)cc1. The molecule has 20 heavy (non-hydrogen) atoms. The lowest BCUT2D eigenvalue weighted by Crippen LogP contribution is -2.14. The quantitative estimate of drug-likeness (QED) is 0.877. The summed E-state index contributed by atoms with van der Waals surface area (Å²) in [7, 11) is 0.378. The van der Waals surface area contributed by atoms with Gasteiger partial charge in [-0.1, -0.05) is 12.1 Å². The number of benzene rings is 1. The van der Waals surface area contributed by atoms with Gasteiger partial charge in [0.15, 0.2) is 0 Å². The third kappa shape index (κ3) is 3.37. The van der Waals surface area contributed by atoms with Gasteiger partial charge in [-0.05, 0) is 38.7 Å². The first-order valence-corrected chi connectivity index (χ1v) is 7.63. The minimum absolute atomic E-state index is 0.162. The van der Waals surface area contributed by atoms with E-state index in [9.17, 15) is 8.42 Å². The van der Waals surface area contributed by atoms with Gasteiger partial charge in [-0.25, -0.2) is 8.42 Å². The number of sulfonamides is 1. The van der Waals surface area contributed by atoms with Crippen LogP contribution >= 0.6 is 0 Å². The molecular formula is C13H18N4O2S. The Labute approximate surface area is 118 Å². The van der Waals surface area contributed by atoms with Gasteiger partial charge in [0.05, 0.1) is 11.9 Å². The van der Waals surface area contributed by atoms with Crippen LogP contribution in [-0.2, 0) is 16.6 Å². The Hall–Kier alpha value is -1.86. The van der Waals surface area contributed by atoms with Crippen LogP contribution in [0, 0.1) is 6.92 Å². The van der Waals surface area contributed by atoms with E-state index in [2.05, 4.69) is 14.9 Å². The van der Waals surface area contributed by atoms with E-state index in [4.69, 9.17) is 0 Å². The molecule has 1 heterocycles. The van der Waals surface area contributed by atoms with Crippen LogP contribution in [0.2, 0.25) is 0 Å². The summed E-state index contributed by atoms with van der Waals surface area (Å²) in [6.45, 7) is 2.48. The summed E-state index contributed by atoms with van der Waals surface area (Å²) in [6, 6.07) is 7.32. The normalized spacial score (nSPS) is 11.8. The fraction of sp³-hybridized carbons (Fsp3) is 0.308. The van der Waals surface area contributed by atoms with Gasteiger partial charge in [-0.15, -0.1) is 0 Å². The van der Waals surface area contributed by atoms with Gasteiger partial charge in [0, 0.05) is 12.2 Å². The Kier molecular flexibility index (Phi) is 4.10. The average molecular weight is 294 g/mol. The molecule has 0 atom stereocenters. The summed E-state index contributed by atoms with van der Waals surface area (Å²) in [5, 5.41) is 6.34. The van der Waals surface area contributed by atoms with Crippen LogP contribution < -0.4 is 4.72 Å². The van der Waals surface area contributed by atoms with Crippen LogP contribution in [0.4, 0.5) is 5.69 Å². The lowest BCUT2D eigenvalue weighted by molar-refractivity contribution is 0.402. The molecule has 0 aliphatic heterocycles. The van der Waals surface area contributed by atoms with E-state index in [0.29, 0.717) is 11.4 Å². The molecule has 0 spiro atoms. The number of nitrogens with zero attached hydrogens (tertiary/aromatic N) is 2. The predicted octanol–water partition coefficient (Wildman–Crippen LogP) is 1.58. The molecule has 0 saturated heterocycles. The zero-order chi connectivity index (χ0) is 14.8. The molecule has 2 rings (SSSR count). The molecule has 1 aromatic heterocycles. The Morgan fingerprint density at radius 2 is 1.90 bits per heavy atom. The molecule has 2 N–H and O–H groups in total. The van der Waals surface area contributed by atoms with Gasteiger partial charge in [-0.2, -0.15) is 5.10 Å². The highest BCUT2D eigenvalue weighted by Gasteiger charge is 2.18. The smallest absolute Gasteiger partial charge is 0.265 e. The van der Waals surface area contributed by atoms with E-state index in [1.54, 1.807) is 19.1 Å². The van der Waals surface area contributed by atoms with Crippen molar-refractivity contribution in [2.45, 2.75) is 18.4 Å². The summed E-state index contributed by atoms with van der Waals surface area (Å²) in [6.07, 6.45) is 1.30. The second-order valence-corrected chi connectivity index (χ2v) is 6.55. The van der Waals surface area contributed by atoms with Crippen molar-refractivity contribution in [1.29, 1.82) is 0 Å². The summed E-state index contributed by atoms with van der Waals surface area (Å²) in [5.41, 5.74) is 2.17. The van der Waals surface area contributed by atoms with Crippen molar-refractivity contribution in [3.63, 3.8) is 0 Å². The molecule has 0 fully saturated rings. The summed E-state index contributed by atoms with van der Waals surface area (Å²) >= 11 is 0. The first-order chi connectivity index (χ1) is 9.38. The number of hydrogen-bond donors (Lipinski definition) is 2. The molecule has 6 nitrogen and oxygen atoms in total.